The molecule has 7 unspecified atom stereocenters. The van der Waals surface area contributed by atoms with Crippen LogP contribution in [-0.2, 0) is 69.5 Å². The second-order valence-corrected chi connectivity index (χ2v) is 27.4. The number of hydrogen-bond donors (Lipinski definition) is 5. The Bertz CT molecular complexity index is 3370. The fraction of sp³-hybridized carbons (Fsp3) is 0.529. The molecule has 4 heterocycles. The van der Waals surface area contributed by atoms with Crippen LogP contribution in [0, 0.1) is 11.2 Å². The maximum absolute atomic E-state index is 15.3. The van der Waals surface area contributed by atoms with Crippen molar-refractivity contribution in [3.63, 3.8) is 0 Å². The lowest BCUT2D eigenvalue weighted by atomic mass is 9.83. The molecule has 22 heteroatoms. The zero-order valence-electron chi connectivity index (χ0n) is 53.8. The number of fused-ring (bicyclic) bond motifs is 3. The standard InChI is InChI=1S/C68H89FN10O11/c1-41-34-76(51(37-77(41)64(86)87)36-75-27-28-89-39-42(75)2)38-58(81)79-40-68(10,53-26-21-45(30-55(53)79)29-44-19-23-49(69)24-20-44)63(85)70-33-57(80)71-50-25-22-47-32-56(61(83)72-54-18-14-16-46-15-12-13-17-52(46)54)78(35-48(47)31-50)62(84)59(66(4,5)6)73-60(82)43(3)74(11)65(88)90-67(7,8)9/h12-13,15,17,19-26,30-31,41-43,51,54,56,59H,14,16,18,27-29,32-40H2,1-11H3,(H,70,85)(H,71,80)(H,72,83)(H,73,82)(H,86,87)/t41?,42?,43?,51?,54-,56?,59?,68?/m1/s1. The van der Waals surface area contributed by atoms with E-state index in [1.54, 1.807) is 63.8 Å². The molecule has 1 aliphatic carbocycles. The van der Waals surface area contributed by atoms with Gasteiger partial charge < -0.3 is 50.5 Å². The summed E-state index contributed by atoms with van der Waals surface area (Å²) in [6.45, 7) is 19.9. The number of morpholine rings is 1. The van der Waals surface area contributed by atoms with Gasteiger partial charge in [-0.15, -0.1) is 0 Å². The number of halogens is 1. The lowest BCUT2D eigenvalue weighted by Crippen LogP contribution is -2.64. The number of nitrogens with one attached hydrogen (secondary N) is 4. The summed E-state index contributed by atoms with van der Waals surface area (Å²) in [6, 6.07) is 20.9. The number of benzene rings is 4. The van der Waals surface area contributed by atoms with Gasteiger partial charge in [0.1, 0.15) is 29.5 Å². The highest BCUT2D eigenvalue weighted by molar-refractivity contribution is 6.04. The molecule has 8 atom stereocenters. The number of carboxylic acid groups (broad SMARTS) is 1. The quantitative estimate of drug-likeness (QED) is 0.0778. The van der Waals surface area contributed by atoms with Gasteiger partial charge in [-0.05, 0) is 149 Å². The molecule has 9 rings (SSSR count). The predicted molar refractivity (Wildman–Crippen MR) is 338 cm³/mol. The molecule has 0 saturated carbocycles. The number of rotatable bonds is 16. The fourth-order valence-electron chi connectivity index (χ4n) is 13.0. The van der Waals surface area contributed by atoms with Gasteiger partial charge in [-0.2, -0.15) is 0 Å². The van der Waals surface area contributed by atoms with Crippen LogP contribution in [0.2, 0.25) is 0 Å². The number of anilines is 2. The van der Waals surface area contributed by atoms with Crippen LogP contribution in [0.15, 0.2) is 84.9 Å². The highest BCUT2D eigenvalue weighted by Gasteiger charge is 2.49. The van der Waals surface area contributed by atoms with Crippen LogP contribution < -0.4 is 26.2 Å². The number of nitrogens with zero attached hydrogens (tertiary/aromatic N) is 6. The molecule has 5 N–H and O–H groups in total. The average molecular weight is 1240 g/mol. The molecule has 4 aliphatic heterocycles. The second-order valence-electron chi connectivity index (χ2n) is 27.4. The normalized spacial score (nSPS) is 22.6. The maximum atomic E-state index is 15.3. The van der Waals surface area contributed by atoms with E-state index in [-0.39, 0.29) is 68.4 Å². The molecule has 0 spiro atoms. The van der Waals surface area contributed by atoms with E-state index in [1.165, 1.54) is 33.9 Å². The molecule has 2 saturated heterocycles. The van der Waals surface area contributed by atoms with Gasteiger partial charge in [0.15, 0.2) is 0 Å². The van der Waals surface area contributed by atoms with E-state index in [2.05, 4.69) is 39.2 Å². The minimum atomic E-state index is -1.33. The van der Waals surface area contributed by atoms with Crippen LogP contribution in [0.25, 0.3) is 0 Å². The van der Waals surface area contributed by atoms with Gasteiger partial charge in [0.05, 0.1) is 37.8 Å². The SMILES string of the molecule is CC1COCCN1CC1CN(C(=O)O)C(C)CN1CC(=O)N1CC(C)(C(=O)NCC(=O)Nc2ccc3c(c2)CN(C(=O)C(NC(=O)C(C)N(C)C(=O)OC(C)(C)C)C(C)(C)C)C(C(=O)N[C@@H]2CCCc4ccccc42)C3)c2ccc(Cc3ccc(F)cc3)cc21. The Balaban J connectivity index is 0.929. The summed E-state index contributed by atoms with van der Waals surface area (Å²) in [4.78, 5) is 123. The first kappa shape index (κ1) is 66.5. The topological polar surface area (TPSA) is 243 Å². The van der Waals surface area contributed by atoms with Crippen LogP contribution >= 0.6 is 0 Å². The van der Waals surface area contributed by atoms with Crippen molar-refractivity contribution in [3.05, 3.63) is 130 Å². The summed E-state index contributed by atoms with van der Waals surface area (Å²) < 4.78 is 25.2. The summed E-state index contributed by atoms with van der Waals surface area (Å²) in [5.41, 5.74) is 3.68. The van der Waals surface area contributed by atoms with E-state index >= 15 is 4.79 Å². The second kappa shape index (κ2) is 27.3. The maximum Gasteiger partial charge on any atom is 0.410 e. The number of ether oxygens (including phenoxy) is 2. The molecule has 2 fully saturated rings. The lowest BCUT2D eigenvalue weighted by molar-refractivity contribution is -0.147. The van der Waals surface area contributed by atoms with E-state index in [0.29, 0.717) is 68.2 Å². The van der Waals surface area contributed by atoms with Gasteiger partial charge in [0.25, 0.3) is 0 Å². The van der Waals surface area contributed by atoms with Crippen molar-refractivity contribution >= 4 is 59.0 Å². The summed E-state index contributed by atoms with van der Waals surface area (Å²) in [6.07, 6.45) is 1.27. The van der Waals surface area contributed by atoms with Gasteiger partial charge in [0, 0.05) is 82.2 Å². The van der Waals surface area contributed by atoms with Gasteiger partial charge in [-0.1, -0.05) is 75.4 Å². The number of carbonyl (C=O) groups is 8. The van der Waals surface area contributed by atoms with E-state index in [4.69, 9.17) is 9.47 Å². The van der Waals surface area contributed by atoms with Crippen LogP contribution in [0.5, 0.6) is 0 Å². The molecule has 0 bridgehead atoms. The highest BCUT2D eigenvalue weighted by Crippen LogP contribution is 2.43. The minimum Gasteiger partial charge on any atom is -0.465 e. The molecule has 0 radical (unpaired) electrons. The number of piperazine rings is 1. The van der Waals surface area contributed by atoms with E-state index < -0.39 is 83.0 Å². The third kappa shape index (κ3) is 15.3. The van der Waals surface area contributed by atoms with Crippen molar-refractivity contribution in [3.8, 4) is 0 Å². The van der Waals surface area contributed by atoms with Crippen LogP contribution in [0.3, 0.4) is 0 Å². The van der Waals surface area contributed by atoms with Gasteiger partial charge in [-0.25, -0.2) is 14.0 Å². The first-order valence-corrected chi connectivity index (χ1v) is 31.4. The van der Waals surface area contributed by atoms with Crippen molar-refractivity contribution in [2.75, 3.05) is 76.3 Å². The Kier molecular flexibility index (Phi) is 20.1. The summed E-state index contributed by atoms with van der Waals surface area (Å²) in [7, 11) is 1.45. The molecule has 4 aromatic rings. The molecule has 5 aliphatic rings. The predicted octanol–water partition coefficient (Wildman–Crippen LogP) is 6.78. The van der Waals surface area contributed by atoms with Crippen molar-refractivity contribution < 1.29 is 57.3 Å². The number of carbonyl (C=O) groups excluding carboxylic acids is 7. The molecule has 0 aromatic heterocycles. The minimum absolute atomic E-state index is 0.0544. The van der Waals surface area contributed by atoms with E-state index in [1.807, 2.05) is 75.1 Å². The van der Waals surface area contributed by atoms with E-state index in [0.717, 1.165) is 40.7 Å². The Morgan fingerprint density at radius 3 is 2.28 bits per heavy atom. The molecular weight excluding hydrogens is 1150 g/mol. The zero-order chi connectivity index (χ0) is 65.1. The van der Waals surface area contributed by atoms with Gasteiger partial charge >= 0.3 is 12.2 Å². The van der Waals surface area contributed by atoms with Gasteiger partial charge in [0.2, 0.25) is 35.4 Å². The molecule has 90 heavy (non-hydrogen) atoms. The van der Waals surface area contributed by atoms with Crippen LogP contribution in [-0.4, -0.2) is 185 Å². The Labute approximate surface area is 527 Å². The zero-order valence-corrected chi connectivity index (χ0v) is 53.8. The van der Waals surface area contributed by atoms with Crippen LogP contribution in [0.1, 0.15) is 127 Å². The van der Waals surface area contributed by atoms with Crippen molar-refractivity contribution in [2.24, 2.45) is 5.41 Å². The summed E-state index contributed by atoms with van der Waals surface area (Å²) in [5, 5.41) is 22.1. The Morgan fingerprint density at radius 2 is 1.58 bits per heavy atom. The molecule has 4 aromatic carbocycles. The fourth-order valence-corrected chi connectivity index (χ4v) is 13.0. The first-order chi connectivity index (χ1) is 42.5. The monoisotopic (exact) mass is 1240 g/mol. The van der Waals surface area contributed by atoms with Crippen LogP contribution in [0.4, 0.5) is 25.4 Å². The summed E-state index contributed by atoms with van der Waals surface area (Å²) in [5.74, 6) is -3.19. The number of likely N-dealkylation sites (N-methyl/N-ethyl adjacent to an activating group) is 1. The smallest absolute Gasteiger partial charge is 0.410 e. The van der Waals surface area contributed by atoms with Crippen molar-refractivity contribution in [2.45, 2.75) is 161 Å². The molecule has 21 nitrogen and oxygen atoms in total. The summed E-state index contributed by atoms with van der Waals surface area (Å²) >= 11 is 0. The molecule has 8 amide bonds. The average Bonchev–Trinajstić information content (AvgIpc) is 1.56. The Hall–Kier alpha value is -7.95. The Morgan fingerprint density at radius 1 is 0.856 bits per heavy atom. The third-order valence-electron chi connectivity index (χ3n) is 18.4. The first-order valence-electron chi connectivity index (χ1n) is 31.4. The van der Waals surface area contributed by atoms with Crippen molar-refractivity contribution in [1.29, 1.82) is 0 Å². The molecule has 484 valence electrons. The highest BCUT2D eigenvalue weighted by atomic mass is 19.1. The number of aryl methyl sites for hydroxylation is 1. The van der Waals surface area contributed by atoms with E-state index in [9.17, 15) is 43.1 Å². The molecular formula is C68H89FN10O11. The lowest BCUT2D eigenvalue weighted by Gasteiger charge is -2.47. The van der Waals surface area contributed by atoms with Gasteiger partial charge in [-0.3, -0.25) is 43.5 Å². The number of amides is 8. The largest absolute Gasteiger partial charge is 0.465 e. The third-order valence-corrected chi connectivity index (χ3v) is 18.4. The number of hydrogen-bond acceptors (Lipinski definition) is 12. The van der Waals surface area contributed by atoms with Crippen molar-refractivity contribution in [1.82, 2.24) is 40.4 Å².